The number of rotatable bonds is 5. The van der Waals surface area contributed by atoms with Crippen molar-refractivity contribution < 1.29 is 14.4 Å². The number of benzene rings is 2. The molecule has 0 saturated heterocycles. The van der Waals surface area contributed by atoms with Gasteiger partial charge in [-0.05, 0) is 54.8 Å². The highest BCUT2D eigenvalue weighted by molar-refractivity contribution is 7.18. The van der Waals surface area contributed by atoms with Crippen LogP contribution in [0.1, 0.15) is 40.2 Å². The Morgan fingerprint density at radius 3 is 2.61 bits per heavy atom. The van der Waals surface area contributed by atoms with E-state index in [2.05, 4.69) is 21.3 Å². The smallest absolute Gasteiger partial charge is 0.324 e. The molecule has 0 saturated carbocycles. The van der Waals surface area contributed by atoms with E-state index in [-0.39, 0.29) is 23.9 Å². The van der Waals surface area contributed by atoms with Gasteiger partial charge in [0.05, 0.1) is 15.9 Å². The molecule has 1 aliphatic rings. The van der Waals surface area contributed by atoms with Gasteiger partial charge in [0.25, 0.3) is 5.91 Å². The summed E-state index contributed by atoms with van der Waals surface area (Å²) >= 11 is 1.21. The predicted octanol–water partition coefficient (Wildman–Crippen LogP) is 4.77. The van der Waals surface area contributed by atoms with Gasteiger partial charge in [-0.2, -0.15) is 0 Å². The summed E-state index contributed by atoms with van der Waals surface area (Å²) in [5.41, 5.74) is 3.57. The lowest BCUT2D eigenvalue weighted by atomic mass is 9.98. The van der Waals surface area contributed by atoms with Crippen LogP contribution in [0.5, 0.6) is 0 Å². The summed E-state index contributed by atoms with van der Waals surface area (Å²) in [6, 6.07) is 17.8. The number of anilines is 3. The van der Waals surface area contributed by atoms with Crippen molar-refractivity contribution in [2.75, 3.05) is 16.0 Å². The van der Waals surface area contributed by atoms with Crippen molar-refractivity contribution in [1.82, 2.24) is 5.32 Å². The monoisotopic (exact) mass is 434 g/mol. The summed E-state index contributed by atoms with van der Waals surface area (Å²) in [5, 5.41) is 11.9. The van der Waals surface area contributed by atoms with E-state index >= 15 is 0 Å². The first kappa shape index (κ1) is 20.6. The summed E-state index contributed by atoms with van der Waals surface area (Å²) < 4.78 is 0. The van der Waals surface area contributed by atoms with Crippen molar-refractivity contribution in [3.63, 3.8) is 0 Å². The van der Waals surface area contributed by atoms with Gasteiger partial charge in [-0.1, -0.05) is 30.3 Å². The van der Waals surface area contributed by atoms with Crippen LogP contribution in [-0.4, -0.2) is 17.8 Å². The molecule has 1 unspecified atom stereocenters. The number of aryl methyl sites for hydroxylation is 1. The number of urea groups is 1. The van der Waals surface area contributed by atoms with E-state index in [1.165, 1.54) is 11.3 Å². The maximum absolute atomic E-state index is 12.7. The lowest BCUT2D eigenvalue weighted by Gasteiger charge is -2.20. The zero-order valence-corrected chi connectivity index (χ0v) is 17.7. The molecule has 2 aromatic carbocycles. The maximum Gasteiger partial charge on any atom is 0.324 e. The molecule has 0 bridgehead atoms. The number of carbonyl (C=O) groups excluding carboxylic acids is 3. The van der Waals surface area contributed by atoms with Crippen LogP contribution in [-0.2, 0) is 11.2 Å². The largest absolute Gasteiger partial charge is 0.345 e. The molecule has 158 valence electrons. The van der Waals surface area contributed by atoms with E-state index in [1.54, 1.807) is 24.3 Å². The summed E-state index contributed by atoms with van der Waals surface area (Å²) in [6.45, 7) is 1.92. The number of hydrogen-bond acceptors (Lipinski definition) is 4. The molecule has 0 radical (unpaired) electrons. The van der Waals surface area contributed by atoms with E-state index in [4.69, 9.17) is 0 Å². The zero-order chi connectivity index (χ0) is 21.8. The van der Waals surface area contributed by atoms with Gasteiger partial charge in [0.15, 0.2) is 0 Å². The van der Waals surface area contributed by atoms with E-state index in [0.717, 1.165) is 16.8 Å². The minimum Gasteiger partial charge on any atom is -0.345 e. The van der Waals surface area contributed by atoms with Crippen LogP contribution in [0.25, 0.3) is 0 Å². The first-order valence-corrected chi connectivity index (χ1v) is 10.8. The molecular formula is C23H22N4O3S. The third-order valence-corrected chi connectivity index (χ3v) is 5.97. The Balaban J connectivity index is 1.35. The molecule has 8 heteroatoms. The van der Waals surface area contributed by atoms with E-state index in [9.17, 15) is 14.4 Å². The molecule has 0 fully saturated rings. The molecule has 1 aromatic heterocycles. The van der Waals surface area contributed by atoms with Gasteiger partial charge in [0.2, 0.25) is 5.91 Å². The average molecular weight is 435 g/mol. The highest BCUT2D eigenvalue weighted by atomic mass is 32.1. The van der Waals surface area contributed by atoms with Gasteiger partial charge in [-0.15, -0.1) is 11.3 Å². The molecule has 31 heavy (non-hydrogen) atoms. The van der Waals surface area contributed by atoms with Crippen LogP contribution in [0, 0.1) is 0 Å². The number of para-hydroxylation sites is 1. The number of thiophene rings is 1. The van der Waals surface area contributed by atoms with Crippen LogP contribution in [0.15, 0.2) is 60.7 Å². The summed E-state index contributed by atoms with van der Waals surface area (Å²) in [5.74, 6) is -0.179. The van der Waals surface area contributed by atoms with Crippen LogP contribution < -0.4 is 21.3 Å². The van der Waals surface area contributed by atoms with Crippen molar-refractivity contribution in [3.05, 3.63) is 76.7 Å². The molecule has 1 aliphatic heterocycles. The van der Waals surface area contributed by atoms with Crippen molar-refractivity contribution >= 4 is 45.6 Å². The van der Waals surface area contributed by atoms with E-state index in [0.29, 0.717) is 28.4 Å². The normalized spacial score (nSPS) is 13.5. The first-order chi connectivity index (χ1) is 15.0. The lowest BCUT2D eigenvalue weighted by Crippen LogP contribution is -2.26. The van der Waals surface area contributed by atoms with Crippen molar-refractivity contribution in [2.45, 2.75) is 25.8 Å². The summed E-state index contributed by atoms with van der Waals surface area (Å²) in [4.78, 5) is 36.8. The van der Waals surface area contributed by atoms with Crippen molar-refractivity contribution in [1.29, 1.82) is 0 Å². The molecule has 1 atom stereocenters. The Kier molecular flexibility index (Phi) is 5.99. The number of nitrogens with one attached hydrogen (secondary N) is 4. The fourth-order valence-corrected chi connectivity index (χ4v) is 4.15. The Morgan fingerprint density at radius 2 is 1.81 bits per heavy atom. The molecule has 0 spiro atoms. The maximum atomic E-state index is 12.7. The molecule has 4 N–H and O–H groups in total. The van der Waals surface area contributed by atoms with E-state index in [1.807, 2.05) is 43.3 Å². The number of hydrogen-bond donors (Lipinski definition) is 4. The molecule has 4 amide bonds. The standard InChI is InChI=1S/C23H22N4O3S/c1-14(15-7-9-18-16(13-15)8-11-20(28)26-18)24-22(29)19-10-12-21(31-19)27-23(30)25-17-5-3-2-4-6-17/h2-7,9-10,12-14H,8,11H2,1H3,(H,24,29)(H,26,28)(H2,25,27,30). The van der Waals surface area contributed by atoms with Crippen LogP contribution in [0.2, 0.25) is 0 Å². The number of carbonyl (C=O) groups is 3. The fraction of sp³-hybridized carbons (Fsp3) is 0.174. The Labute approximate surface area is 183 Å². The van der Waals surface area contributed by atoms with Gasteiger partial charge < -0.3 is 16.0 Å². The highest BCUT2D eigenvalue weighted by Crippen LogP contribution is 2.27. The third kappa shape index (κ3) is 5.10. The lowest BCUT2D eigenvalue weighted by molar-refractivity contribution is -0.116. The van der Waals surface area contributed by atoms with Crippen LogP contribution in [0.3, 0.4) is 0 Å². The number of fused-ring (bicyclic) bond motifs is 1. The quantitative estimate of drug-likeness (QED) is 0.465. The summed E-state index contributed by atoms with van der Waals surface area (Å²) in [6.07, 6.45) is 1.17. The minimum atomic E-state index is -0.366. The van der Waals surface area contributed by atoms with Gasteiger partial charge in [0.1, 0.15) is 0 Å². The molecule has 4 rings (SSSR count). The predicted molar refractivity (Wildman–Crippen MR) is 123 cm³/mol. The van der Waals surface area contributed by atoms with Gasteiger partial charge in [-0.25, -0.2) is 4.79 Å². The highest BCUT2D eigenvalue weighted by Gasteiger charge is 2.18. The molecule has 2 heterocycles. The molecular weight excluding hydrogens is 412 g/mol. The van der Waals surface area contributed by atoms with Crippen LogP contribution >= 0.6 is 11.3 Å². The topological polar surface area (TPSA) is 99.3 Å². The van der Waals surface area contributed by atoms with Gasteiger partial charge in [-0.3, -0.25) is 14.9 Å². The molecule has 0 aliphatic carbocycles. The zero-order valence-electron chi connectivity index (χ0n) is 16.9. The second-order valence-electron chi connectivity index (χ2n) is 7.27. The van der Waals surface area contributed by atoms with Crippen LogP contribution in [0.4, 0.5) is 21.2 Å². The number of amides is 4. The summed E-state index contributed by atoms with van der Waals surface area (Å²) in [7, 11) is 0. The third-order valence-electron chi connectivity index (χ3n) is 4.97. The van der Waals surface area contributed by atoms with Gasteiger partial charge >= 0.3 is 6.03 Å². The Bertz CT molecular complexity index is 1130. The second kappa shape index (κ2) is 9.01. The minimum absolute atomic E-state index is 0.0289. The second-order valence-corrected chi connectivity index (χ2v) is 8.35. The van der Waals surface area contributed by atoms with Crippen molar-refractivity contribution in [3.8, 4) is 0 Å². The Hall–Kier alpha value is -3.65. The molecule has 7 nitrogen and oxygen atoms in total. The Morgan fingerprint density at radius 1 is 1.00 bits per heavy atom. The fourth-order valence-electron chi connectivity index (χ4n) is 3.35. The van der Waals surface area contributed by atoms with Crippen molar-refractivity contribution in [2.24, 2.45) is 0 Å². The molecule has 3 aromatic rings. The van der Waals surface area contributed by atoms with Gasteiger partial charge in [0, 0.05) is 17.8 Å². The first-order valence-electron chi connectivity index (χ1n) is 9.94. The average Bonchev–Trinajstić information content (AvgIpc) is 3.22. The SMILES string of the molecule is CC(NC(=O)c1ccc(NC(=O)Nc2ccccc2)s1)c1ccc2c(c1)CCC(=O)N2. The van der Waals surface area contributed by atoms with E-state index < -0.39 is 0 Å².